The number of phenols is 2. The van der Waals surface area contributed by atoms with E-state index in [1.54, 1.807) is 12.1 Å². The fourth-order valence-electron chi connectivity index (χ4n) is 2.41. The molecular formula is C15H11ClFNO3. The number of rotatable bonds is 2. The van der Waals surface area contributed by atoms with Crippen molar-refractivity contribution < 1.29 is 19.4 Å². The lowest BCUT2D eigenvalue weighted by Crippen LogP contribution is -2.23. The number of hydrogen-bond acceptors (Lipinski definition) is 3. The normalized spacial score (nSPS) is 13.6. The summed E-state index contributed by atoms with van der Waals surface area (Å²) in [4.78, 5) is 13.7. The highest BCUT2D eigenvalue weighted by Gasteiger charge is 2.31. The van der Waals surface area contributed by atoms with Crippen LogP contribution in [0, 0.1) is 5.82 Å². The van der Waals surface area contributed by atoms with Gasteiger partial charge >= 0.3 is 0 Å². The molecule has 0 aromatic heterocycles. The first-order chi connectivity index (χ1) is 9.97. The summed E-state index contributed by atoms with van der Waals surface area (Å²) >= 11 is 5.62. The largest absolute Gasteiger partial charge is 0.504 e. The standard InChI is InChI=1S/C15H11ClFNO3/c16-10-3-1-8(5-11(10)17)6-18-7-9-2-4-12(19)14(20)13(9)15(18)21/h1-5,19-20H,6-7H2. The molecule has 0 unspecified atom stereocenters. The molecule has 2 aromatic carbocycles. The zero-order valence-electron chi connectivity index (χ0n) is 10.8. The van der Waals surface area contributed by atoms with Gasteiger partial charge in [0, 0.05) is 13.1 Å². The summed E-state index contributed by atoms with van der Waals surface area (Å²) in [5.41, 5.74) is 1.33. The van der Waals surface area contributed by atoms with Crippen LogP contribution < -0.4 is 0 Å². The molecule has 21 heavy (non-hydrogen) atoms. The van der Waals surface area contributed by atoms with Gasteiger partial charge in [-0.2, -0.15) is 0 Å². The molecule has 0 radical (unpaired) electrons. The van der Waals surface area contributed by atoms with Crippen molar-refractivity contribution in [3.8, 4) is 11.5 Å². The van der Waals surface area contributed by atoms with E-state index in [1.165, 1.54) is 23.1 Å². The highest BCUT2D eigenvalue weighted by molar-refractivity contribution is 6.30. The van der Waals surface area contributed by atoms with Gasteiger partial charge < -0.3 is 15.1 Å². The summed E-state index contributed by atoms with van der Waals surface area (Å²) in [7, 11) is 0. The third-order valence-electron chi connectivity index (χ3n) is 3.46. The Morgan fingerprint density at radius 1 is 1.24 bits per heavy atom. The molecule has 0 atom stereocenters. The van der Waals surface area contributed by atoms with Gasteiger partial charge in [-0.3, -0.25) is 4.79 Å². The van der Waals surface area contributed by atoms with E-state index in [2.05, 4.69) is 0 Å². The van der Waals surface area contributed by atoms with Gasteiger partial charge in [0.15, 0.2) is 11.5 Å². The van der Waals surface area contributed by atoms with Crippen LogP contribution in [-0.2, 0) is 13.1 Å². The van der Waals surface area contributed by atoms with Crippen LogP contribution in [0.2, 0.25) is 5.02 Å². The number of carbonyl (C=O) groups is 1. The number of hydrogen-bond donors (Lipinski definition) is 2. The van der Waals surface area contributed by atoms with E-state index < -0.39 is 17.5 Å². The van der Waals surface area contributed by atoms with Crippen molar-refractivity contribution in [3.63, 3.8) is 0 Å². The van der Waals surface area contributed by atoms with Crippen LogP contribution in [0.25, 0.3) is 0 Å². The van der Waals surface area contributed by atoms with Gasteiger partial charge in [-0.25, -0.2) is 4.39 Å². The number of phenolic OH excluding ortho intramolecular Hbond substituents is 2. The summed E-state index contributed by atoms with van der Waals surface area (Å²) in [5.74, 6) is -1.68. The second kappa shape index (κ2) is 4.93. The number of halogens is 2. The highest BCUT2D eigenvalue weighted by atomic mass is 35.5. The summed E-state index contributed by atoms with van der Waals surface area (Å²) in [6, 6.07) is 7.27. The Labute approximate surface area is 125 Å². The number of nitrogens with zero attached hydrogens (tertiary/aromatic N) is 1. The van der Waals surface area contributed by atoms with Gasteiger partial charge in [0.2, 0.25) is 0 Å². The molecule has 2 aromatic rings. The molecule has 0 aliphatic carbocycles. The van der Waals surface area contributed by atoms with E-state index in [4.69, 9.17) is 11.6 Å². The summed E-state index contributed by atoms with van der Waals surface area (Å²) in [5, 5.41) is 19.3. The molecule has 0 spiro atoms. The predicted octanol–water partition coefficient (Wildman–Crippen LogP) is 3.05. The minimum atomic E-state index is -0.543. The Hall–Kier alpha value is -2.27. The molecule has 1 heterocycles. The molecule has 1 amide bonds. The third-order valence-corrected chi connectivity index (χ3v) is 3.77. The quantitative estimate of drug-likeness (QED) is 0.838. The second-order valence-corrected chi connectivity index (χ2v) is 5.28. The van der Waals surface area contributed by atoms with E-state index in [0.29, 0.717) is 17.7 Å². The second-order valence-electron chi connectivity index (χ2n) is 4.88. The van der Waals surface area contributed by atoms with Gasteiger partial charge in [0.05, 0.1) is 10.6 Å². The lowest BCUT2D eigenvalue weighted by Gasteiger charge is -2.15. The number of benzene rings is 2. The van der Waals surface area contributed by atoms with E-state index in [0.717, 1.165) is 0 Å². The van der Waals surface area contributed by atoms with Crippen molar-refractivity contribution in [1.82, 2.24) is 4.90 Å². The molecule has 0 bridgehead atoms. The van der Waals surface area contributed by atoms with Crippen molar-refractivity contribution in [2.24, 2.45) is 0 Å². The lowest BCUT2D eigenvalue weighted by molar-refractivity contribution is 0.0764. The molecule has 0 fully saturated rings. The Morgan fingerprint density at radius 3 is 2.71 bits per heavy atom. The van der Waals surface area contributed by atoms with Crippen molar-refractivity contribution in [1.29, 1.82) is 0 Å². The van der Waals surface area contributed by atoms with Gasteiger partial charge in [-0.05, 0) is 29.3 Å². The highest BCUT2D eigenvalue weighted by Crippen LogP contribution is 2.37. The average Bonchev–Trinajstić information content (AvgIpc) is 2.76. The smallest absolute Gasteiger partial charge is 0.258 e. The molecule has 2 N–H and O–H groups in total. The number of fused-ring (bicyclic) bond motifs is 1. The Bertz CT molecular complexity index is 748. The first kappa shape index (κ1) is 13.7. The van der Waals surface area contributed by atoms with E-state index in [-0.39, 0.29) is 22.9 Å². The molecule has 4 nitrogen and oxygen atoms in total. The van der Waals surface area contributed by atoms with Crippen LogP contribution in [0.1, 0.15) is 21.5 Å². The molecule has 1 aliphatic heterocycles. The van der Waals surface area contributed by atoms with E-state index >= 15 is 0 Å². The Morgan fingerprint density at radius 2 is 2.00 bits per heavy atom. The zero-order chi connectivity index (χ0) is 15.1. The average molecular weight is 308 g/mol. The van der Waals surface area contributed by atoms with Crippen LogP contribution >= 0.6 is 11.6 Å². The van der Waals surface area contributed by atoms with Crippen LogP contribution in [0.15, 0.2) is 30.3 Å². The first-order valence-electron chi connectivity index (χ1n) is 6.24. The molecule has 6 heteroatoms. The minimum absolute atomic E-state index is 0.0253. The van der Waals surface area contributed by atoms with Gasteiger partial charge in [0.1, 0.15) is 5.82 Å². The zero-order valence-corrected chi connectivity index (χ0v) is 11.6. The van der Waals surface area contributed by atoms with Crippen molar-refractivity contribution in [2.45, 2.75) is 13.1 Å². The maximum atomic E-state index is 13.4. The number of amides is 1. The summed E-state index contributed by atoms with van der Waals surface area (Å²) in [6.45, 7) is 0.494. The summed E-state index contributed by atoms with van der Waals surface area (Å²) < 4.78 is 13.4. The minimum Gasteiger partial charge on any atom is -0.504 e. The molecule has 1 aliphatic rings. The van der Waals surface area contributed by atoms with Gasteiger partial charge in [0.25, 0.3) is 5.91 Å². The Balaban J connectivity index is 1.88. The SMILES string of the molecule is O=C1c2c(ccc(O)c2O)CN1Cc1ccc(Cl)c(F)c1. The predicted molar refractivity (Wildman–Crippen MR) is 74.8 cm³/mol. The van der Waals surface area contributed by atoms with Crippen LogP contribution in [0.5, 0.6) is 11.5 Å². The molecule has 108 valence electrons. The number of aromatic hydroxyl groups is 2. The first-order valence-corrected chi connectivity index (χ1v) is 6.62. The third kappa shape index (κ3) is 2.29. The molecule has 0 saturated heterocycles. The van der Waals surface area contributed by atoms with Crippen LogP contribution in [-0.4, -0.2) is 21.0 Å². The number of carbonyl (C=O) groups excluding carboxylic acids is 1. The van der Waals surface area contributed by atoms with Crippen molar-refractivity contribution in [2.75, 3.05) is 0 Å². The maximum Gasteiger partial charge on any atom is 0.258 e. The monoisotopic (exact) mass is 307 g/mol. The van der Waals surface area contributed by atoms with Crippen LogP contribution in [0.4, 0.5) is 4.39 Å². The molecular weight excluding hydrogens is 297 g/mol. The van der Waals surface area contributed by atoms with Crippen molar-refractivity contribution in [3.05, 3.63) is 57.9 Å². The van der Waals surface area contributed by atoms with Crippen LogP contribution in [0.3, 0.4) is 0 Å². The lowest BCUT2D eigenvalue weighted by atomic mass is 10.1. The fourth-order valence-corrected chi connectivity index (χ4v) is 2.53. The van der Waals surface area contributed by atoms with Crippen molar-refractivity contribution >= 4 is 17.5 Å². The maximum absolute atomic E-state index is 13.4. The molecule has 3 rings (SSSR count). The van der Waals surface area contributed by atoms with E-state index in [9.17, 15) is 19.4 Å². The Kier molecular flexibility index (Phi) is 3.22. The van der Waals surface area contributed by atoms with Gasteiger partial charge in [-0.1, -0.05) is 23.7 Å². The molecule has 0 saturated carbocycles. The fraction of sp³-hybridized carbons (Fsp3) is 0.133. The van der Waals surface area contributed by atoms with E-state index in [1.807, 2.05) is 0 Å². The van der Waals surface area contributed by atoms with Gasteiger partial charge in [-0.15, -0.1) is 0 Å². The summed E-state index contributed by atoms with van der Waals surface area (Å²) in [6.07, 6.45) is 0. The topological polar surface area (TPSA) is 60.8 Å².